The summed E-state index contributed by atoms with van der Waals surface area (Å²) in [4.78, 5) is 4.90. The zero-order valence-electron chi connectivity index (χ0n) is 17.2. The van der Waals surface area contributed by atoms with Crippen LogP contribution in [0.1, 0.15) is 22.7 Å². The number of nitrogens with one attached hydrogen (secondary N) is 1. The number of fused-ring (bicyclic) bond motifs is 1. The number of benzene rings is 2. The van der Waals surface area contributed by atoms with Gasteiger partial charge in [0.1, 0.15) is 0 Å². The third kappa shape index (κ3) is 4.13. The van der Waals surface area contributed by atoms with Crippen LogP contribution in [0.25, 0.3) is 5.57 Å². The summed E-state index contributed by atoms with van der Waals surface area (Å²) in [6.07, 6.45) is 6.66. The van der Waals surface area contributed by atoms with Gasteiger partial charge in [-0.25, -0.2) is 0 Å². The molecule has 3 unspecified atom stereocenters. The molecule has 3 heterocycles. The normalized spacial score (nSPS) is 25.7. The number of halogens is 1. The van der Waals surface area contributed by atoms with Gasteiger partial charge in [-0.1, -0.05) is 48.0 Å². The summed E-state index contributed by atoms with van der Waals surface area (Å²) in [5.74, 6) is 0. The second-order valence-electron chi connectivity index (χ2n) is 8.17. The molecule has 0 aliphatic carbocycles. The fourth-order valence-electron chi connectivity index (χ4n) is 4.72. The number of ether oxygens (including phenoxy) is 1. The lowest BCUT2D eigenvalue weighted by molar-refractivity contribution is 0.0278. The van der Waals surface area contributed by atoms with Crippen LogP contribution in [0, 0.1) is 11.3 Å². The minimum atomic E-state index is 0.115. The largest absolute Gasteiger partial charge is 0.379 e. The van der Waals surface area contributed by atoms with Crippen molar-refractivity contribution < 1.29 is 4.74 Å². The van der Waals surface area contributed by atoms with Gasteiger partial charge in [0, 0.05) is 36.4 Å². The van der Waals surface area contributed by atoms with E-state index in [2.05, 4.69) is 51.7 Å². The van der Waals surface area contributed by atoms with Gasteiger partial charge in [0.15, 0.2) is 0 Å². The third-order valence-electron chi connectivity index (χ3n) is 6.32. The molecular weight excluding hydrogens is 408 g/mol. The maximum Gasteiger partial charge on any atom is 0.0998 e. The molecule has 3 aliphatic heterocycles. The maximum atomic E-state index is 9.56. The highest BCUT2D eigenvalue weighted by atomic mass is 35.5. The van der Waals surface area contributed by atoms with Crippen molar-refractivity contribution in [2.45, 2.75) is 18.2 Å². The van der Waals surface area contributed by atoms with Crippen molar-refractivity contribution in [3.63, 3.8) is 0 Å². The highest BCUT2D eigenvalue weighted by Crippen LogP contribution is 2.36. The van der Waals surface area contributed by atoms with Crippen LogP contribution in [-0.4, -0.2) is 54.9 Å². The van der Waals surface area contributed by atoms with Crippen LogP contribution in [0.3, 0.4) is 0 Å². The Morgan fingerprint density at radius 1 is 1.10 bits per heavy atom. The lowest BCUT2D eigenvalue weighted by Gasteiger charge is -2.36. The van der Waals surface area contributed by atoms with Crippen molar-refractivity contribution in [1.82, 2.24) is 15.1 Å². The van der Waals surface area contributed by atoms with E-state index in [1.807, 2.05) is 36.4 Å². The quantitative estimate of drug-likeness (QED) is 0.796. The zero-order valence-corrected chi connectivity index (χ0v) is 18.0. The van der Waals surface area contributed by atoms with Crippen LogP contribution in [0.5, 0.6) is 0 Å². The molecule has 2 saturated heterocycles. The van der Waals surface area contributed by atoms with Gasteiger partial charge in [0.25, 0.3) is 0 Å². The van der Waals surface area contributed by atoms with E-state index in [0.29, 0.717) is 5.56 Å². The van der Waals surface area contributed by atoms with Crippen molar-refractivity contribution in [3.05, 3.63) is 88.6 Å². The smallest absolute Gasteiger partial charge is 0.0998 e. The fourth-order valence-corrected chi connectivity index (χ4v) is 4.84. The molecule has 3 aliphatic rings. The van der Waals surface area contributed by atoms with Gasteiger partial charge in [-0.05, 0) is 35.4 Å². The van der Waals surface area contributed by atoms with Gasteiger partial charge < -0.3 is 9.64 Å². The molecule has 31 heavy (non-hydrogen) atoms. The number of hydrogen-bond donors (Lipinski definition) is 1. The van der Waals surface area contributed by atoms with E-state index in [1.165, 1.54) is 5.56 Å². The molecule has 0 amide bonds. The number of rotatable bonds is 4. The first kappa shape index (κ1) is 20.3. The lowest BCUT2D eigenvalue weighted by Crippen LogP contribution is -2.46. The topological polar surface area (TPSA) is 51.5 Å². The molecule has 6 heteroatoms. The second-order valence-corrected chi connectivity index (χ2v) is 8.61. The van der Waals surface area contributed by atoms with Crippen LogP contribution >= 0.6 is 11.6 Å². The Balaban J connectivity index is 1.49. The van der Waals surface area contributed by atoms with Crippen LogP contribution in [0.2, 0.25) is 5.02 Å². The minimum absolute atomic E-state index is 0.115. The summed E-state index contributed by atoms with van der Waals surface area (Å²) in [5.41, 5.74) is 3.97. The van der Waals surface area contributed by atoms with Crippen molar-refractivity contribution in [2.24, 2.45) is 0 Å². The summed E-state index contributed by atoms with van der Waals surface area (Å²) < 4.78 is 5.56. The van der Waals surface area contributed by atoms with Crippen molar-refractivity contribution in [2.75, 3.05) is 32.8 Å². The average Bonchev–Trinajstić information content (AvgIpc) is 3.17. The Hall–Kier alpha value is -2.62. The van der Waals surface area contributed by atoms with Gasteiger partial charge in [0.2, 0.25) is 0 Å². The van der Waals surface area contributed by atoms with Gasteiger partial charge in [-0.3, -0.25) is 10.2 Å². The Morgan fingerprint density at radius 2 is 1.87 bits per heavy atom. The molecule has 2 fully saturated rings. The van der Waals surface area contributed by atoms with E-state index in [-0.39, 0.29) is 18.2 Å². The molecule has 0 radical (unpaired) electrons. The molecule has 0 bridgehead atoms. The van der Waals surface area contributed by atoms with Gasteiger partial charge in [0.05, 0.1) is 43.1 Å². The number of morpholine rings is 1. The summed E-state index contributed by atoms with van der Waals surface area (Å²) in [6.45, 7) is 4.41. The van der Waals surface area contributed by atoms with E-state index in [4.69, 9.17) is 16.3 Å². The van der Waals surface area contributed by atoms with E-state index < -0.39 is 0 Å². The van der Waals surface area contributed by atoms with Gasteiger partial charge in [-0.15, -0.1) is 0 Å². The van der Waals surface area contributed by atoms with Crippen molar-refractivity contribution in [3.8, 4) is 6.07 Å². The predicted molar refractivity (Wildman–Crippen MR) is 122 cm³/mol. The maximum absolute atomic E-state index is 9.56. The van der Waals surface area contributed by atoms with Crippen molar-refractivity contribution >= 4 is 17.2 Å². The standard InChI is InChI=1S/C25H25ClN4O/c26-21-8-5-18(6-9-21)25-23(17-29-11-13-31-14-12-29)30-16-20(7-10-24(30)28-25)22-4-2-1-3-19(22)15-27/h1-10,16,23-25,28H,11-14,17H2. The molecule has 0 saturated carbocycles. The Kier molecular flexibility index (Phi) is 5.80. The SMILES string of the molecule is N#Cc1ccccc1C1=CN2C(C=C1)NC(c1ccc(Cl)cc1)C2CN1CCOCC1. The number of hydrogen-bond acceptors (Lipinski definition) is 5. The minimum Gasteiger partial charge on any atom is -0.379 e. The summed E-state index contributed by atoms with van der Waals surface area (Å²) in [7, 11) is 0. The van der Waals surface area contributed by atoms with Gasteiger partial charge in [-0.2, -0.15) is 5.26 Å². The molecule has 2 aromatic carbocycles. The lowest BCUT2D eigenvalue weighted by atomic mass is 9.97. The first-order valence-corrected chi connectivity index (χ1v) is 11.1. The second kappa shape index (κ2) is 8.86. The van der Waals surface area contributed by atoms with Gasteiger partial charge >= 0.3 is 0 Å². The number of nitrogens with zero attached hydrogens (tertiary/aromatic N) is 3. The van der Waals surface area contributed by atoms with Crippen molar-refractivity contribution in [1.29, 1.82) is 5.26 Å². The molecule has 0 aromatic heterocycles. The molecule has 0 spiro atoms. The van der Waals surface area contributed by atoms with Crippen LogP contribution in [0.15, 0.2) is 66.9 Å². The van der Waals surface area contributed by atoms with E-state index in [1.54, 1.807) is 0 Å². The molecule has 1 N–H and O–H groups in total. The summed E-state index contributed by atoms with van der Waals surface area (Å²) in [5, 5.41) is 14.1. The predicted octanol–water partition coefficient (Wildman–Crippen LogP) is 3.80. The first-order chi connectivity index (χ1) is 15.2. The van der Waals surface area contributed by atoms with Crippen LogP contribution in [-0.2, 0) is 4.74 Å². The average molecular weight is 433 g/mol. The van der Waals surface area contributed by atoms with Crippen LogP contribution < -0.4 is 5.32 Å². The molecule has 158 valence electrons. The number of nitriles is 1. The molecule has 3 atom stereocenters. The van der Waals surface area contributed by atoms with E-state index >= 15 is 0 Å². The van der Waals surface area contributed by atoms with E-state index in [0.717, 1.165) is 49.0 Å². The summed E-state index contributed by atoms with van der Waals surface area (Å²) >= 11 is 6.15. The Morgan fingerprint density at radius 3 is 2.65 bits per heavy atom. The highest BCUT2D eigenvalue weighted by Gasteiger charge is 2.41. The summed E-state index contributed by atoms with van der Waals surface area (Å²) in [6, 6.07) is 18.7. The van der Waals surface area contributed by atoms with E-state index in [9.17, 15) is 5.26 Å². The Bertz CT molecular complexity index is 1040. The zero-order chi connectivity index (χ0) is 21.2. The molecule has 5 rings (SSSR count). The molecule has 5 nitrogen and oxygen atoms in total. The molecule has 2 aromatic rings. The first-order valence-electron chi connectivity index (χ1n) is 10.7. The van der Waals surface area contributed by atoms with Crippen LogP contribution in [0.4, 0.5) is 0 Å². The Labute approximate surface area is 188 Å². The number of allylic oxidation sites excluding steroid dienone is 2. The molecular formula is C25H25ClN4O. The monoisotopic (exact) mass is 432 g/mol. The highest BCUT2D eigenvalue weighted by molar-refractivity contribution is 6.30. The fraction of sp³-hybridized carbons (Fsp3) is 0.320. The third-order valence-corrected chi connectivity index (χ3v) is 6.57.